The third-order valence-electron chi connectivity index (χ3n) is 2.64. The summed E-state index contributed by atoms with van der Waals surface area (Å²) in [5.74, 6) is -0.584. The Morgan fingerprint density at radius 2 is 2.10 bits per heavy atom. The molecule has 3 nitrogen and oxygen atoms in total. The molecule has 0 aliphatic rings. The number of rotatable bonds is 5. The number of hydrogen-bond donors (Lipinski definition) is 0. The summed E-state index contributed by atoms with van der Waals surface area (Å²) in [5, 5.41) is 8.80. The fraction of sp³-hybridized carbons (Fsp3) is 0.429. The minimum Gasteiger partial charge on any atom is -0.462 e. The monoisotopic (exact) mass is 285 g/mol. The van der Waals surface area contributed by atoms with Crippen molar-refractivity contribution in [1.82, 2.24) is 0 Å². The van der Waals surface area contributed by atoms with E-state index in [0.717, 1.165) is 0 Å². The van der Waals surface area contributed by atoms with Crippen LogP contribution >= 0.6 is 0 Å². The van der Waals surface area contributed by atoms with Gasteiger partial charge in [0.05, 0.1) is 23.8 Å². The smallest absolute Gasteiger partial charge is 0.389 e. The normalized spacial score (nSPS) is 10.9. The van der Waals surface area contributed by atoms with Gasteiger partial charge in [0.1, 0.15) is 0 Å². The molecule has 0 unspecified atom stereocenters. The van der Waals surface area contributed by atoms with Crippen molar-refractivity contribution in [3.8, 4) is 6.07 Å². The molecule has 0 saturated carbocycles. The molecule has 0 aromatic heterocycles. The van der Waals surface area contributed by atoms with Gasteiger partial charge in [-0.15, -0.1) is 0 Å². The molecule has 0 amide bonds. The van der Waals surface area contributed by atoms with Crippen LogP contribution in [0.25, 0.3) is 0 Å². The summed E-state index contributed by atoms with van der Waals surface area (Å²) >= 11 is 0. The molecule has 0 bridgehead atoms. The van der Waals surface area contributed by atoms with Crippen LogP contribution in [0.5, 0.6) is 0 Å². The van der Waals surface area contributed by atoms with Crippen LogP contribution in [-0.2, 0) is 11.2 Å². The van der Waals surface area contributed by atoms with E-state index in [1.807, 2.05) is 6.07 Å². The number of hydrogen-bond acceptors (Lipinski definition) is 3. The minimum atomic E-state index is -4.23. The Morgan fingerprint density at radius 3 is 2.65 bits per heavy atom. The van der Waals surface area contributed by atoms with Crippen LogP contribution in [0.4, 0.5) is 13.2 Å². The van der Waals surface area contributed by atoms with Crippen LogP contribution in [0, 0.1) is 11.3 Å². The minimum absolute atomic E-state index is 0.0726. The summed E-state index contributed by atoms with van der Waals surface area (Å²) in [4.78, 5) is 11.7. The van der Waals surface area contributed by atoms with Gasteiger partial charge in [-0.05, 0) is 43.5 Å². The molecule has 0 aliphatic heterocycles. The number of nitrogens with zero attached hydrogens (tertiary/aromatic N) is 1. The molecular formula is C14H14F3NO2. The number of esters is 1. The van der Waals surface area contributed by atoms with Crippen molar-refractivity contribution < 1.29 is 22.7 Å². The zero-order valence-corrected chi connectivity index (χ0v) is 11.0. The molecule has 1 aromatic rings. The second kappa shape index (κ2) is 6.94. The molecule has 0 aliphatic carbocycles. The van der Waals surface area contributed by atoms with E-state index in [4.69, 9.17) is 10.00 Å². The second-order valence-corrected chi connectivity index (χ2v) is 4.17. The van der Waals surface area contributed by atoms with Crippen LogP contribution in [0.1, 0.15) is 41.3 Å². The highest BCUT2D eigenvalue weighted by Crippen LogP contribution is 2.24. The largest absolute Gasteiger partial charge is 0.462 e. The Morgan fingerprint density at radius 1 is 1.40 bits per heavy atom. The van der Waals surface area contributed by atoms with Crippen LogP contribution < -0.4 is 0 Å². The van der Waals surface area contributed by atoms with Crippen molar-refractivity contribution in [1.29, 1.82) is 5.26 Å². The number of carbonyl (C=O) groups is 1. The Kier molecular flexibility index (Phi) is 5.56. The molecule has 0 N–H and O–H groups in total. The Balaban J connectivity index is 2.90. The van der Waals surface area contributed by atoms with Crippen molar-refractivity contribution in [3.05, 3.63) is 34.9 Å². The van der Waals surface area contributed by atoms with E-state index in [1.54, 1.807) is 6.92 Å². The van der Waals surface area contributed by atoms with Gasteiger partial charge in [-0.3, -0.25) is 0 Å². The van der Waals surface area contributed by atoms with Crippen molar-refractivity contribution in [2.24, 2.45) is 0 Å². The van der Waals surface area contributed by atoms with Crippen molar-refractivity contribution in [3.63, 3.8) is 0 Å². The summed E-state index contributed by atoms with van der Waals surface area (Å²) < 4.78 is 41.3. The molecule has 0 heterocycles. The predicted molar refractivity (Wildman–Crippen MR) is 66.1 cm³/mol. The number of nitriles is 1. The summed E-state index contributed by atoms with van der Waals surface area (Å²) in [7, 11) is 0. The first kappa shape index (κ1) is 16.0. The molecule has 6 heteroatoms. The number of aryl methyl sites for hydroxylation is 1. The zero-order valence-electron chi connectivity index (χ0n) is 11.0. The Labute approximate surface area is 115 Å². The van der Waals surface area contributed by atoms with Gasteiger partial charge in [-0.2, -0.15) is 18.4 Å². The molecule has 108 valence electrons. The summed E-state index contributed by atoms with van der Waals surface area (Å²) in [5.41, 5.74) is 0.930. The molecule has 20 heavy (non-hydrogen) atoms. The maximum Gasteiger partial charge on any atom is 0.389 e. The van der Waals surface area contributed by atoms with Crippen LogP contribution in [0.15, 0.2) is 18.2 Å². The molecule has 0 fully saturated rings. The quantitative estimate of drug-likeness (QED) is 0.776. The van der Waals surface area contributed by atoms with Gasteiger partial charge in [0.25, 0.3) is 0 Å². The van der Waals surface area contributed by atoms with Crippen LogP contribution in [-0.4, -0.2) is 18.8 Å². The number of alkyl halides is 3. The lowest BCUT2D eigenvalue weighted by Crippen LogP contribution is -2.11. The predicted octanol–water partition coefficient (Wildman–Crippen LogP) is 3.62. The lowest BCUT2D eigenvalue weighted by Gasteiger charge is -2.10. The molecule has 0 atom stereocenters. The number of halogens is 3. The highest BCUT2D eigenvalue weighted by atomic mass is 19.4. The Bertz CT molecular complexity index is 518. The molecule has 1 aromatic carbocycles. The molecule has 0 saturated heterocycles. The average Bonchev–Trinajstić information content (AvgIpc) is 2.37. The number of carbonyl (C=O) groups excluding carboxylic acids is 1. The first-order valence-corrected chi connectivity index (χ1v) is 6.14. The van der Waals surface area contributed by atoms with E-state index in [2.05, 4.69) is 0 Å². The third kappa shape index (κ3) is 4.92. The van der Waals surface area contributed by atoms with E-state index in [1.165, 1.54) is 18.2 Å². The lowest BCUT2D eigenvalue weighted by atomic mass is 9.99. The van der Waals surface area contributed by atoms with Gasteiger partial charge in [0.15, 0.2) is 0 Å². The standard InChI is InChI=1S/C14H14F3NO2/c1-2-20-13(19)12-6-5-10(9-18)8-11(12)4-3-7-14(15,16)17/h5-6,8H,2-4,7H2,1H3. The van der Waals surface area contributed by atoms with E-state index < -0.39 is 18.6 Å². The molecule has 0 spiro atoms. The highest BCUT2D eigenvalue weighted by molar-refractivity contribution is 5.91. The van der Waals surface area contributed by atoms with Crippen LogP contribution in [0.2, 0.25) is 0 Å². The number of ether oxygens (including phenoxy) is 1. The summed E-state index contributed by atoms with van der Waals surface area (Å²) in [6.45, 7) is 1.83. The van der Waals surface area contributed by atoms with Crippen molar-refractivity contribution in [2.45, 2.75) is 32.4 Å². The summed E-state index contributed by atoms with van der Waals surface area (Å²) in [6, 6.07) is 6.19. The van der Waals surface area contributed by atoms with Gasteiger partial charge in [0.2, 0.25) is 0 Å². The van der Waals surface area contributed by atoms with E-state index in [0.29, 0.717) is 11.1 Å². The Hall–Kier alpha value is -2.03. The maximum absolute atomic E-state index is 12.1. The average molecular weight is 285 g/mol. The van der Waals surface area contributed by atoms with Gasteiger partial charge in [-0.25, -0.2) is 4.79 Å². The zero-order chi connectivity index (χ0) is 15.2. The number of benzene rings is 1. The second-order valence-electron chi connectivity index (χ2n) is 4.17. The van der Waals surface area contributed by atoms with Crippen molar-refractivity contribution >= 4 is 5.97 Å². The van der Waals surface area contributed by atoms with Gasteiger partial charge in [-0.1, -0.05) is 0 Å². The first-order valence-electron chi connectivity index (χ1n) is 6.14. The van der Waals surface area contributed by atoms with Crippen LogP contribution in [0.3, 0.4) is 0 Å². The molecule has 1 rings (SSSR count). The third-order valence-corrected chi connectivity index (χ3v) is 2.64. The lowest BCUT2D eigenvalue weighted by molar-refractivity contribution is -0.135. The van der Waals surface area contributed by atoms with Crippen molar-refractivity contribution in [2.75, 3.05) is 6.61 Å². The fourth-order valence-corrected chi connectivity index (χ4v) is 1.76. The fourth-order valence-electron chi connectivity index (χ4n) is 1.76. The first-order chi connectivity index (χ1) is 9.37. The van der Waals surface area contributed by atoms with Gasteiger partial charge in [0, 0.05) is 6.42 Å². The SMILES string of the molecule is CCOC(=O)c1ccc(C#N)cc1CCCC(F)(F)F. The highest BCUT2D eigenvalue weighted by Gasteiger charge is 2.26. The maximum atomic E-state index is 12.1. The van der Waals surface area contributed by atoms with Gasteiger partial charge >= 0.3 is 12.1 Å². The van der Waals surface area contributed by atoms with E-state index >= 15 is 0 Å². The van der Waals surface area contributed by atoms with Gasteiger partial charge < -0.3 is 4.74 Å². The summed E-state index contributed by atoms with van der Waals surface area (Å²) in [6.07, 6.45) is -5.21. The molecular weight excluding hydrogens is 271 g/mol. The topological polar surface area (TPSA) is 50.1 Å². The van der Waals surface area contributed by atoms with E-state index in [-0.39, 0.29) is 25.0 Å². The molecule has 0 radical (unpaired) electrons. The van der Waals surface area contributed by atoms with E-state index in [9.17, 15) is 18.0 Å².